The number of ether oxygens (including phenoxy) is 1. The second-order valence-corrected chi connectivity index (χ2v) is 5.05. The van der Waals surface area contributed by atoms with E-state index in [1.54, 1.807) is 38.8 Å². The number of thioether (sulfide) groups is 1. The quantitative estimate of drug-likeness (QED) is 0.876. The van der Waals surface area contributed by atoms with E-state index in [1.807, 2.05) is 18.4 Å². The van der Waals surface area contributed by atoms with E-state index in [1.165, 1.54) is 0 Å². The van der Waals surface area contributed by atoms with Crippen molar-refractivity contribution in [1.82, 2.24) is 4.98 Å². The molecule has 0 spiro atoms. The molecule has 0 radical (unpaired) electrons. The molecular formula is C14H16N2O3S. The smallest absolute Gasteiger partial charge is 0.293 e. The molecule has 1 amide bonds. The van der Waals surface area contributed by atoms with Crippen LogP contribution in [0.5, 0.6) is 5.75 Å². The van der Waals surface area contributed by atoms with E-state index in [4.69, 9.17) is 9.15 Å². The van der Waals surface area contributed by atoms with Gasteiger partial charge in [-0.05, 0) is 31.4 Å². The zero-order valence-corrected chi connectivity index (χ0v) is 12.6. The Morgan fingerprint density at radius 1 is 1.40 bits per heavy atom. The number of aryl methyl sites for hydroxylation is 2. The Labute approximate surface area is 121 Å². The molecule has 1 heterocycles. The van der Waals surface area contributed by atoms with Crippen molar-refractivity contribution >= 4 is 23.4 Å². The minimum Gasteiger partial charge on any atom is -0.495 e. The molecule has 0 fully saturated rings. The van der Waals surface area contributed by atoms with Crippen molar-refractivity contribution in [3.05, 3.63) is 35.5 Å². The van der Waals surface area contributed by atoms with Crippen molar-refractivity contribution in [2.45, 2.75) is 18.7 Å². The number of aromatic nitrogens is 1. The lowest BCUT2D eigenvalue weighted by atomic mass is 10.2. The number of amides is 1. The van der Waals surface area contributed by atoms with Gasteiger partial charge >= 0.3 is 0 Å². The van der Waals surface area contributed by atoms with Crippen LogP contribution in [-0.4, -0.2) is 24.3 Å². The number of carbonyl (C=O) groups excluding carboxylic acids is 1. The zero-order chi connectivity index (χ0) is 14.7. The van der Waals surface area contributed by atoms with Gasteiger partial charge < -0.3 is 14.5 Å². The van der Waals surface area contributed by atoms with E-state index >= 15 is 0 Å². The molecule has 1 N–H and O–H groups in total. The third-order valence-electron chi connectivity index (χ3n) is 2.77. The van der Waals surface area contributed by atoms with E-state index in [0.717, 1.165) is 4.90 Å². The zero-order valence-electron chi connectivity index (χ0n) is 11.8. The molecule has 0 aliphatic rings. The molecule has 0 bridgehead atoms. The maximum Gasteiger partial charge on any atom is 0.293 e. The molecule has 0 atom stereocenters. The van der Waals surface area contributed by atoms with Gasteiger partial charge in [0.05, 0.1) is 18.5 Å². The molecule has 5 nitrogen and oxygen atoms in total. The van der Waals surface area contributed by atoms with Crippen LogP contribution in [0.15, 0.2) is 27.5 Å². The maximum absolute atomic E-state index is 12.2. The Kier molecular flexibility index (Phi) is 4.34. The molecule has 0 aliphatic heterocycles. The normalized spacial score (nSPS) is 10.4. The minimum atomic E-state index is -0.335. The van der Waals surface area contributed by atoms with Gasteiger partial charge in [0, 0.05) is 11.8 Å². The van der Waals surface area contributed by atoms with Crippen LogP contribution in [0.1, 0.15) is 22.1 Å². The Balaban J connectivity index is 2.25. The third kappa shape index (κ3) is 2.96. The molecule has 0 aliphatic carbocycles. The van der Waals surface area contributed by atoms with Gasteiger partial charge in [0.15, 0.2) is 5.89 Å². The Morgan fingerprint density at radius 2 is 2.15 bits per heavy atom. The summed E-state index contributed by atoms with van der Waals surface area (Å²) in [6.45, 7) is 3.44. The Morgan fingerprint density at radius 3 is 2.70 bits per heavy atom. The highest BCUT2D eigenvalue weighted by molar-refractivity contribution is 7.98. The lowest BCUT2D eigenvalue weighted by Gasteiger charge is -2.10. The third-order valence-corrected chi connectivity index (χ3v) is 3.49. The summed E-state index contributed by atoms with van der Waals surface area (Å²) in [7, 11) is 1.57. The first-order valence-electron chi connectivity index (χ1n) is 6.02. The maximum atomic E-state index is 12.2. The fraction of sp³-hybridized carbons (Fsp3) is 0.286. The number of hydrogen-bond acceptors (Lipinski definition) is 5. The summed E-state index contributed by atoms with van der Waals surface area (Å²) in [4.78, 5) is 17.3. The van der Waals surface area contributed by atoms with Crippen molar-refractivity contribution in [2.75, 3.05) is 18.7 Å². The SMILES string of the molecule is COc1cc(SC)ccc1NC(=O)c1oc(C)nc1C. The lowest BCUT2D eigenvalue weighted by molar-refractivity contribution is 0.0994. The number of nitrogens with one attached hydrogen (secondary N) is 1. The minimum absolute atomic E-state index is 0.221. The van der Waals surface area contributed by atoms with E-state index in [9.17, 15) is 4.79 Å². The summed E-state index contributed by atoms with van der Waals surface area (Å²) >= 11 is 1.61. The molecule has 6 heteroatoms. The second kappa shape index (κ2) is 6.00. The highest BCUT2D eigenvalue weighted by Gasteiger charge is 2.17. The summed E-state index contributed by atoms with van der Waals surface area (Å²) in [5.74, 6) is 0.966. The summed E-state index contributed by atoms with van der Waals surface area (Å²) in [6, 6.07) is 5.60. The van der Waals surface area contributed by atoms with Crippen molar-refractivity contribution in [3.63, 3.8) is 0 Å². The van der Waals surface area contributed by atoms with Crippen molar-refractivity contribution < 1.29 is 13.9 Å². The van der Waals surface area contributed by atoms with Crippen LogP contribution in [0.25, 0.3) is 0 Å². The highest BCUT2D eigenvalue weighted by Crippen LogP contribution is 2.29. The number of hydrogen-bond donors (Lipinski definition) is 1. The van der Waals surface area contributed by atoms with Gasteiger partial charge in [-0.15, -0.1) is 11.8 Å². The molecule has 0 unspecified atom stereocenters. The molecule has 0 saturated heterocycles. The van der Waals surface area contributed by atoms with Crippen molar-refractivity contribution in [1.29, 1.82) is 0 Å². The standard InChI is InChI=1S/C14H16N2O3S/c1-8-13(19-9(2)15-8)14(17)16-11-6-5-10(20-4)7-12(11)18-3/h5-7H,1-4H3,(H,16,17). The van der Waals surface area contributed by atoms with E-state index in [2.05, 4.69) is 10.3 Å². The number of anilines is 1. The molecule has 106 valence electrons. The summed E-state index contributed by atoms with van der Waals surface area (Å²) in [6.07, 6.45) is 1.98. The number of carbonyl (C=O) groups is 1. The molecule has 1 aromatic carbocycles. The molecule has 0 saturated carbocycles. The molecule has 20 heavy (non-hydrogen) atoms. The number of methoxy groups -OCH3 is 1. The predicted octanol–water partition coefficient (Wildman–Crippen LogP) is 3.27. The van der Waals surface area contributed by atoms with Crippen LogP contribution in [0.4, 0.5) is 5.69 Å². The van der Waals surface area contributed by atoms with Gasteiger partial charge in [0.1, 0.15) is 5.75 Å². The first-order chi connectivity index (χ1) is 9.55. The lowest BCUT2D eigenvalue weighted by Crippen LogP contribution is -2.13. The Hall–Kier alpha value is -1.95. The fourth-order valence-corrected chi connectivity index (χ4v) is 2.25. The van der Waals surface area contributed by atoms with Crippen molar-refractivity contribution in [3.8, 4) is 5.75 Å². The van der Waals surface area contributed by atoms with Crippen LogP contribution in [0.2, 0.25) is 0 Å². The van der Waals surface area contributed by atoms with Gasteiger partial charge in [-0.25, -0.2) is 4.98 Å². The second-order valence-electron chi connectivity index (χ2n) is 4.17. The topological polar surface area (TPSA) is 64.4 Å². The van der Waals surface area contributed by atoms with Gasteiger partial charge in [0.2, 0.25) is 5.76 Å². The molecular weight excluding hydrogens is 276 g/mol. The number of rotatable bonds is 4. The molecule has 2 aromatic rings. The number of benzene rings is 1. The Bertz CT molecular complexity index is 637. The number of nitrogens with zero attached hydrogens (tertiary/aromatic N) is 1. The van der Waals surface area contributed by atoms with E-state index < -0.39 is 0 Å². The predicted molar refractivity (Wildman–Crippen MR) is 78.7 cm³/mol. The van der Waals surface area contributed by atoms with Crippen LogP contribution < -0.4 is 10.1 Å². The number of oxazole rings is 1. The monoisotopic (exact) mass is 292 g/mol. The van der Waals surface area contributed by atoms with Gasteiger partial charge in [-0.3, -0.25) is 4.79 Å². The van der Waals surface area contributed by atoms with Crippen LogP contribution in [-0.2, 0) is 0 Å². The van der Waals surface area contributed by atoms with Gasteiger partial charge in [0.25, 0.3) is 5.91 Å². The molecule has 1 aromatic heterocycles. The van der Waals surface area contributed by atoms with Gasteiger partial charge in [-0.1, -0.05) is 0 Å². The summed E-state index contributed by atoms with van der Waals surface area (Å²) < 4.78 is 10.6. The largest absolute Gasteiger partial charge is 0.495 e. The van der Waals surface area contributed by atoms with Crippen LogP contribution in [0, 0.1) is 13.8 Å². The van der Waals surface area contributed by atoms with E-state index in [0.29, 0.717) is 23.0 Å². The highest BCUT2D eigenvalue weighted by atomic mass is 32.2. The first-order valence-corrected chi connectivity index (χ1v) is 7.25. The van der Waals surface area contributed by atoms with Crippen LogP contribution >= 0.6 is 11.8 Å². The van der Waals surface area contributed by atoms with E-state index in [-0.39, 0.29) is 11.7 Å². The van der Waals surface area contributed by atoms with Crippen molar-refractivity contribution in [2.24, 2.45) is 0 Å². The van der Waals surface area contributed by atoms with Crippen LogP contribution in [0.3, 0.4) is 0 Å². The average molecular weight is 292 g/mol. The first kappa shape index (κ1) is 14.5. The summed E-state index contributed by atoms with van der Waals surface area (Å²) in [5.41, 5.74) is 1.17. The average Bonchev–Trinajstić information content (AvgIpc) is 2.78. The van der Waals surface area contributed by atoms with Gasteiger partial charge in [-0.2, -0.15) is 0 Å². The fourth-order valence-electron chi connectivity index (χ4n) is 1.82. The molecule has 2 rings (SSSR count). The summed E-state index contributed by atoms with van der Waals surface area (Å²) in [5, 5.41) is 2.78.